The number of halogens is 2. The van der Waals surface area contributed by atoms with Crippen LogP contribution in [0.2, 0.25) is 0 Å². The lowest BCUT2D eigenvalue weighted by Gasteiger charge is -2.06. The standard InChI is InChI=1S/C13H10FIO/c1-16-11-5-2-9(3-6-11)12-7-4-10(14)8-13(12)15/h2-8H,1H3. The number of hydrogen-bond acceptors (Lipinski definition) is 1. The molecule has 0 aliphatic rings. The van der Waals surface area contributed by atoms with Gasteiger partial charge in [0.2, 0.25) is 0 Å². The predicted molar refractivity (Wildman–Crippen MR) is 71.1 cm³/mol. The van der Waals surface area contributed by atoms with Crippen molar-refractivity contribution in [1.82, 2.24) is 0 Å². The summed E-state index contributed by atoms with van der Waals surface area (Å²) in [7, 11) is 1.64. The fourth-order valence-corrected chi connectivity index (χ4v) is 2.28. The summed E-state index contributed by atoms with van der Waals surface area (Å²) in [6.07, 6.45) is 0. The first-order valence-corrected chi connectivity index (χ1v) is 5.88. The fraction of sp³-hybridized carbons (Fsp3) is 0.0769. The first-order valence-electron chi connectivity index (χ1n) is 4.80. The fourth-order valence-electron chi connectivity index (χ4n) is 1.49. The maximum absolute atomic E-state index is 13.0. The Balaban J connectivity index is 2.42. The molecule has 0 spiro atoms. The minimum atomic E-state index is -0.207. The Kier molecular flexibility index (Phi) is 3.43. The molecule has 0 radical (unpaired) electrons. The van der Waals surface area contributed by atoms with Crippen LogP contribution >= 0.6 is 22.6 Å². The molecular formula is C13H10FIO. The van der Waals surface area contributed by atoms with Crippen molar-refractivity contribution in [3.8, 4) is 16.9 Å². The third-order valence-corrected chi connectivity index (χ3v) is 3.22. The number of ether oxygens (including phenoxy) is 1. The molecule has 0 heterocycles. The monoisotopic (exact) mass is 328 g/mol. The van der Waals surface area contributed by atoms with Crippen LogP contribution in [0, 0.1) is 9.39 Å². The summed E-state index contributed by atoms with van der Waals surface area (Å²) < 4.78 is 19.0. The van der Waals surface area contributed by atoms with Crippen molar-refractivity contribution in [2.24, 2.45) is 0 Å². The van der Waals surface area contributed by atoms with E-state index in [4.69, 9.17) is 4.74 Å². The topological polar surface area (TPSA) is 9.23 Å². The van der Waals surface area contributed by atoms with Crippen molar-refractivity contribution in [3.63, 3.8) is 0 Å². The minimum Gasteiger partial charge on any atom is -0.497 e. The van der Waals surface area contributed by atoms with Crippen molar-refractivity contribution in [3.05, 3.63) is 51.9 Å². The Labute approximate surface area is 107 Å². The van der Waals surface area contributed by atoms with Crippen molar-refractivity contribution >= 4 is 22.6 Å². The smallest absolute Gasteiger partial charge is 0.124 e. The van der Waals surface area contributed by atoms with E-state index >= 15 is 0 Å². The molecule has 0 fully saturated rings. The number of hydrogen-bond donors (Lipinski definition) is 0. The molecule has 1 nitrogen and oxygen atoms in total. The summed E-state index contributed by atoms with van der Waals surface area (Å²) in [6, 6.07) is 12.5. The van der Waals surface area contributed by atoms with Gasteiger partial charge in [0.15, 0.2) is 0 Å². The van der Waals surface area contributed by atoms with E-state index in [0.29, 0.717) is 0 Å². The maximum atomic E-state index is 13.0. The highest BCUT2D eigenvalue weighted by Gasteiger charge is 2.04. The van der Waals surface area contributed by atoms with Gasteiger partial charge in [-0.2, -0.15) is 0 Å². The molecule has 2 aromatic rings. The molecule has 0 N–H and O–H groups in total. The highest BCUT2D eigenvalue weighted by molar-refractivity contribution is 14.1. The van der Waals surface area contributed by atoms with E-state index in [1.165, 1.54) is 12.1 Å². The van der Waals surface area contributed by atoms with Gasteiger partial charge in [0.1, 0.15) is 11.6 Å². The van der Waals surface area contributed by atoms with E-state index < -0.39 is 0 Å². The second-order valence-corrected chi connectivity index (χ2v) is 4.51. The molecule has 0 saturated carbocycles. The van der Waals surface area contributed by atoms with E-state index in [9.17, 15) is 4.39 Å². The first kappa shape index (κ1) is 11.4. The Morgan fingerprint density at radius 1 is 1.06 bits per heavy atom. The molecule has 0 bridgehead atoms. The van der Waals surface area contributed by atoms with Crippen LogP contribution < -0.4 is 4.74 Å². The summed E-state index contributed by atoms with van der Waals surface area (Å²) in [4.78, 5) is 0. The van der Waals surface area contributed by atoms with Gasteiger partial charge in [0.25, 0.3) is 0 Å². The predicted octanol–water partition coefficient (Wildman–Crippen LogP) is 4.11. The molecule has 0 unspecified atom stereocenters. The molecule has 2 aromatic carbocycles. The van der Waals surface area contributed by atoms with Gasteiger partial charge in [-0.3, -0.25) is 0 Å². The molecule has 0 amide bonds. The summed E-state index contributed by atoms with van der Waals surface area (Å²) in [5.41, 5.74) is 2.09. The van der Waals surface area contributed by atoms with Crippen LogP contribution in [0.15, 0.2) is 42.5 Å². The molecule has 2 rings (SSSR count). The van der Waals surface area contributed by atoms with E-state index in [1.54, 1.807) is 13.2 Å². The average molecular weight is 328 g/mol. The average Bonchev–Trinajstić information content (AvgIpc) is 2.29. The number of rotatable bonds is 2. The second kappa shape index (κ2) is 4.82. The van der Waals surface area contributed by atoms with Gasteiger partial charge in [0, 0.05) is 3.57 Å². The van der Waals surface area contributed by atoms with Crippen molar-refractivity contribution in [2.45, 2.75) is 0 Å². The SMILES string of the molecule is COc1ccc(-c2ccc(F)cc2I)cc1. The molecule has 3 heteroatoms. The van der Waals surface area contributed by atoms with Crippen molar-refractivity contribution in [2.75, 3.05) is 7.11 Å². The van der Waals surface area contributed by atoms with Crippen LogP contribution in [-0.2, 0) is 0 Å². The van der Waals surface area contributed by atoms with Crippen LogP contribution in [0.1, 0.15) is 0 Å². The van der Waals surface area contributed by atoms with Gasteiger partial charge < -0.3 is 4.74 Å². The van der Waals surface area contributed by atoms with Gasteiger partial charge >= 0.3 is 0 Å². The van der Waals surface area contributed by atoms with E-state index in [1.807, 2.05) is 24.3 Å². The molecule has 0 aliphatic heterocycles. The van der Waals surface area contributed by atoms with Gasteiger partial charge in [-0.05, 0) is 58.0 Å². The Morgan fingerprint density at radius 3 is 2.31 bits per heavy atom. The van der Waals surface area contributed by atoms with Gasteiger partial charge in [-0.1, -0.05) is 18.2 Å². The van der Waals surface area contributed by atoms with E-state index in [-0.39, 0.29) is 5.82 Å². The number of benzene rings is 2. The largest absolute Gasteiger partial charge is 0.497 e. The normalized spacial score (nSPS) is 10.2. The molecule has 0 atom stereocenters. The molecule has 82 valence electrons. The third-order valence-electron chi connectivity index (χ3n) is 2.33. The molecular weight excluding hydrogens is 318 g/mol. The van der Waals surface area contributed by atoms with Gasteiger partial charge in [0.05, 0.1) is 7.11 Å². The van der Waals surface area contributed by atoms with Crippen LogP contribution in [0.4, 0.5) is 4.39 Å². The van der Waals surface area contributed by atoms with Crippen LogP contribution in [-0.4, -0.2) is 7.11 Å². The van der Waals surface area contributed by atoms with Crippen molar-refractivity contribution < 1.29 is 9.13 Å². The molecule has 0 aromatic heterocycles. The summed E-state index contributed by atoms with van der Waals surface area (Å²) >= 11 is 2.14. The maximum Gasteiger partial charge on any atom is 0.124 e. The highest BCUT2D eigenvalue weighted by atomic mass is 127. The summed E-state index contributed by atoms with van der Waals surface area (Å²) in [6.45, 7) is 0. The quantitative estimate of drug-likeness (QED) is 0.754. The van der Waals surface area contributed by atoms with Crippen LogP contribution in [0.25, 0.3) is 11.1 Å². The zero-order chi connectivity index (χ0) is 11.5. The lowest BCUT2D eigenvalue weighted by molar-refractivity contribution is 0.415. The van der Waals surface area contributed by atoms with E-state index in [2.05, 4.69) is 22.6 Å². The summed E-state index contributed by atoms with van der Waals surface area (Å²) in [5.74, 6) is 0.613. The van der Waals surface area contributed by atoms with Crippen LogP contribution in [0.5, 0.6) is 5.75 Å². The van der Waals surface area contributed by atoms with Gasteiger partial charge in [-0.15, -0.1) is 0 Å². The van der Waals surface area contributed by atoms with Gasteiger partial charge in [-0.25, -0.2) is 4.39 Å². The van der Waals surface area contributed by atoms with E-state index in [0.717, 1.165) is 20.4 Å². The lowest BCUT2D eigenvalue weighted by Crippen LogP contribution is -1.86. The van der Waals surface area contributed by atoms with Crippen molar-refractivity contribution in [1.29, 1.82) is 0 Å². The molecule has 0 saturated heterocycles. The molecule has 16 heavy (non-hydrogen) atoms. The second-order valence-electron chi connectivity index (χ2n) is 3.35. The lowest BCUT2D eigenvalue weighted by atomic mass is 10.1. The zero-order valence-corrected chi connectivity index (χ0v) is 10.9. The summed E-state index contributed by atoms with van der Waals surface area (Å²) in [5, 5.41) is 0. The third kappa shape index (κ3) is 2.35. The molecule has 0 aliphatic carbocycles. The Morgan fingerprint density at radius 2 is 1.75 bits per heavy atom. The number of methoxy groups -OCH3 is 1. The Hall–Kier alpha value is -1.10. The Bertz CT molecular complexity index is 494. The zero-order valence-electron chi connectivity index (χ0n) is 8.71. The first-order chi connectivity index (χ1) is 7.70. The van der Waals surface area contributed by atoms with Crippen LogP contribution in [0.3, 0.4) is 0 Å². The highest BCUT2D eigenvalue weighted by Crippen LogP contribution is 2.27. The minimum absolute atomic E-state index is 0.207.